The Labute approximate surface area is 128 Å². The smallest absolute Gasteiger partial charge is 0.255 e. The first-order valence-corrected chi connectivity index (χ1v) is 7.42. The van der Waals surface area contributed by atoms with Crippen LogP contribution in [0.5, 0.6) is 0 Å². The SMILES string of the molecule is Cc1nc(C)n([C@H]2CCCN(C(=O)c3ccc(=O)[nH]c3)C2)n1. The summed E-state index contributed by atoms with van der Waals surface area (Å²) >= 11 is 0. The molecule has 2 aromatic rings. The van der Waals surface area contributed by atoms with E-state index in [1.165, 1.54) is 12.3 Å². The first-order chi connectivity index (χ1) is 10.5. The molecule has 0 spiro atoms. The maximum atomic E-state index is 12.5. The van der Waals surface area contributed by atoms with Gasteiger partial charge in [0, 0.05) is 25.4 Å². The summed E-state index contributed by atoms with van der Waals surface area (Å²) in [5.41, 5.74) is 0.300. The average Bonchev–Trinajstić information content (AvgIpc) is 2.86. The van der Waals surface area contributed by atoms with Crippen LogP contribution in [-0.4, -0.2) is 43.6 Å². The largest absolute Gasteiger partial charge is 0.336 e. The zero-order chi connectivity index (χ0) is 15.7. The van der Waals surface area contributed by atoms with Gasteiger partial charge in [-0.15, -0.1) is 0 Å². The van der Waals surface area contributed by atoms with Gasteiger partial charge in [-0.3, -0.25) is 9.59 Å². The van der Waals surface area contributed by atoms with Crippen molar-refractivity contribution in [1.82, 2.24) is 24.6 Å². The topological polar surface area (TPSA) is 83.9 Å². The van der Waals surface area contributed by atoms with E-state index < -0.39 is 0 Å². The van der Waals surface area contributed by atoms with E-state index in [-0.39, 0.29) is 17.5 Å². The fourth-order valence-corrected chi connectivity index (χ4v) is 2.95. The lowest BCUT2D eigenvalue weighted by Gasteiger charge is -2.33. The molecular formula is C15H19N5O2. The Kier molecular flexibility index (Phi) is 3.79. The lowest BCUT2D eigenvalue weighted by atomic mass is 10.0. The van der Waals surface area contributed by atoms with Crippen LogP contribution < -0.4 is 5.56 Å². The van der Waals surface area contributed by atoms with E-state index in [4.69, 9.17) is 0 Å². The third-order valence-electron chi connectivity index (χ3n) is 3.97. The molecule has 7 heteroatoms. The molecule has 3 rings (SSSR count). The number of likely N-dealkylation sites (tertiary alicyclic amines) is 1. The number of rotatable bonds is 2. The maximum Gasteiger partial charge on any atom is 0.255 e. The number of pyridine rings is 1. The second-order valence-corrected chi connectivity index (χ2v) is 5.64. The van der Waals surface area contributed by atoms with E-state index in [0.29, 0.717) is 12.1 Å². The molecule has 1 saturated heterocycles. The summed E-state index contributed by atoms with van der Waals surface area (Å²) < 4.78 is 1.92. The van der Waals surface area contributed by atoms with Gasteiger partial charge in [0.15, 0.2) is 0 Å². The first-order valence-electron chi connectivity index (χ1n) is 7.42. The molecular weight excluding hydrogens is 282 g/mol. The fourth-order valence-electron chi connectivity index (χ4n) is 2.95. The van der Waals surface area contributed by atoms with Gasteiger partial charge in [-0.25, -0.2) is 9.67 Å². The van der Waals surface area contributed by atoms with Crippen molar-refractivity contribution in [2.45, 2.75) is 32.7 Å². The van der Waals surface area contributed by atoms with E-state index in [1.54, 1.807) is 6.07 Å². The zero-order valence-corrected chi connectivity index (χ0v) is 12.7. The Bertz CT molecular complexity index is 728. The number of carbonyl (C=O) groups is 1. The van der Waals surface area contributed by atoms with E-state index in [2.05, 4.69) is 15.1 Å². The van der Waals surface area contributed by atoms with Gasteiger partial charge in [-0.1, -0.05) is 0 Å². The number of nitrogens with one attached hydrogen (secondary N) is 1. The van der Waals surface area contributed by atoms with Crippen molar-refractivity contribution in [3.63, 3.8) is 0 Å². The number of H-pyrrole nitrogens is 1. The van der Waals surface area contributed by atoms with Gasteiger partial charge in [-0.05, 0) is 32.8 Å². The third kappa shape index (κ3) is 2.79. The monoisotopic (exact) mass is 301 g/mol. The standard InChI is InChI=1S/C15H19N5O2/c1-10-17-11(2)20(18-10)13-4-3-7-19(9-13)15(22)12-5-6-14(21)16-8-12/h5-6,8,13H,3-4,7,9H2,1-2H3,(H,16,21)/t13-/m0/s1. The molecule has 0 aliphatic carbocycles. The van der Waals surface area contributed by atoms with Gasteiger partial charge < -0.3 is 9.88 Å². The molecule has 1 atom stereocenters. The maximum absolute atomic E-state index is 12.5. The predicted octanol–water partition coefficient (Wildman–Crippen LogP) is 1.06. The van der Waals surface area contributed by atoms with Crippen molar-refractivity contribution in [1.29, 1.82) is 0 Å². The molecule has 116 valence electrons. The number of nitrogens with zero attached hydrogens (tertiary/aromatic N) is 4. The number of aromatic amines is 1. The van der Waals surface area contributed by atoms with Gasteiger partial charge in [-0.2, -0.15) is 5.10 Å². The number of amides is 1. The average molecular weight is 301 g/mol. The van der Waals surface area contributed by atoms with Crippen LogP contribution in [0.3, 0.4) is 0 Å². The van der Waals surface area contributed by atoms with Crippen LogP contribution in [0.25, 0.3) is 0 Å². The van der Waals surface area contributed by atoms with Crippen molar-refractivity contribution in [2.24, 2.45) is 0 Å². The van der Waals surface area contributed by atoms with Crippen LogP contribution >= 0.6 is 0 Å². The zero-order valence-electron chi connectivity index (χ0n) is 12.7. The molecule has 0 aromatic carbocycles. The Morgan fingerprint density at radius 2 is 2.18 bits per heavy atom. The van der Waals surface area contributed by atoms with Crippen molar-refractivity contribution in [2.75, 3.05) is 13.1 Å². The molecule has 3 heterocycles. The molecule has 1 aliphatic heterocycles. The van der Waals surface area contributed by atoms with Gasteiger partial charge in [0.05, 0.1) is 11.6 Å². The summed E-state index contributed by atoms with van der Waals surface area (Å²) in [4.78, 5) is 32.3. The van der Waals surface area contributed by atoms with Gasteiger partial charge in [0.1, 0.15) is 11.6 Å². The lowest BCUT2D eigenvalue weighted by molar-refractivity contribution is 0.0671. The molecule has 1 aliphatic rings. The van der Waals surface area contributed by atoms with Crippen molar-refractivity contribution >= 4 is 5.91 Å². The molecule has 1 amide bonds. The Morgan fingerprint density at radius 3 is 2.82 bits per heavy atom. The number of hydrogen-bond acceptors (Lipinski definition) is 4. The second kappa shape index (κ2) is 5.75. The van der Waals surface area contributed by atoms with E-state index in [9.17, 15) is 9.59 Å². The highest BCUT2D eigenvalue weighted by atomic mass is 16.2. The van der Waals surface area contributed by atoms with E-state index in [0.717, 1.165) is 31.0 Å². The normalized spacial score (nSPS) is 18.5. The highest BCUT2D eigenvalue weighted by molar-refractivity contribution is 5.93. The minimum absolute atomic E-state index is 0.0598. The summed E-state index contributed by atoms with van der Waals surface area (Å²) in [5.74, 6) is 1.57. The molecule has 1 N–H and O–H groups in total. The number of carbonyl (C=O) groups excluding carboxylic acids is 1. The second-order valence-electron chi connectivity index (χ2n) is 5.64. The number of piperidine rings is 1. The molecule has 1 fully saturated rings. The van der Waals surface area contributed by atoms with E-state index in [1.807, 2.05) is 23.4 Å². The quantitative estimate of drug-likeness (QED) is 0.899. The molecule has 0 saturated carbocycles. The van der Waals surface area contributed by atoms with Crippen LogP contribution in [0.15, 0.2) is 23.1 Å². The molecule has 0 radical (unpaired) electrons. The molecule has 0 unspecified atom stereocenters. The predicted molar refractivity (Wildman–Crippen MR) is 80.7 cm³/mol. The molecule has 0 bridgehead atoms. The van der Waals surface area contributed by atoms with Gasteiger partial charge in [0.25, 0.3) is 5.91 Å². The fraction of sp³-hybridized carbons (Fsp3) is 0.467. The summed E-state index contributed by atoms with van der Waals surface area (Å²) in [6, 6.07) is 3.09. The summed E-state index contributed by atoms with van der Waals surface area (Å²) in [7, 11) is 0. The summed E-state index contributed by atoms with van der Waals surface area (Å²) in [6.45, 7) is 5.14. The van der Waals surface area contributed by atoms with Crippen LogP contribution in [0.2, 0.25) is 0 Å². The summed E-state index contributed by atoms with van der Waals surface area (Å²) in [5, 5.41) is 4.43. The Balaban J connectivity index is 1.78. The number of hydrogen-bond donors (Lipinski definition) is 1. The van der Waals surface area contributed by atoms with Gasteiger partial charge >= 0.3 is 0 Å². The van der Waals surface area contributed by atoms with Crippen LogP contribution in [0.1, 0.15) is 40.9 Å². The Morgan fingerprint density at radius 1 is 1.36 bits per heavy atom. The Hall–Kier alpha value is -2.44. The van der Waals surface area contributed by atoms with Crippen LogP contribution in [0, 0.1) is 13.8 Å². The number of aryl methyl sites for hydroxylation is 2. The molecule has 2 aromatic heterocycles. The highest BCUT2D eigenvalue weighted by Gasteiger charge is 2.27. The van der Waals surface area contributed by atoms with Gasteiger partial charge in [0.2, 0.25) is 5.56 Å². The molecule has 7 nitrogen and oxygen atoms in total. The summed E-state index contributed by atoms with van der Waals surface area (Å²) in [6.07, 6.45) is 3.39. The van der Waals surface area contributed by atoms with Crippen LogP contribution in [0.4, 0.5) is 0 Å². The van der Waals surface area contributed by atoms with Crippen LogP contribution in [-0.2, 0) is 0 Å². The number of aromatic nitrogens is 4. The molecule has 22 heavy (non-hydrogen) atoms. The van der Waals surface area contributed by atoms with E-state index >= 15 is 0 Å². The minimum Gasteiger partial charge on any atom is -0.336 e. The minimum atomic E-state index is -0.207. The van der Waals surface area contributed by atoms with Crippen molar-refractivity contribution < 1.29 is 4.79 Å². The third-order valence-corrected chi connectivity index (χ3v) is 3.97. The lowest BCUT2D eigenvalue weighted by Crippen LogP contribution is -2.41. The van der Waals surface area contributed by atoms with Crippen molar-refractivity contribution in [3.05, 3.63) is 45.9 Å². The highest BCUT2D eigenvalue weighted by Crippen LogP contribution is 2.23. The first kappa shape index (κ1) is 14.5. The van der Waals surface area contributed by atoms with Crippen molar-refractivity contribution in [3.8, 4) is 0 Å².